The fraction of sp³-hybridized carbons (Fsp3) is 0.438. The molecule has 0 aliphatic carbocycles. The van der Waals surface area contributed by atoms with Crippen LogP contribution in [0.3, 0.4) is 0 Å². The van der Waals surface area contributed by atoms with Crippen LogP contribution in [-0.4, -0.2) is 35.6 Å². The molecule has 20 heavy (non-hydrogen) atoms. The molecule has 3 nitrogen and oxygen atoms in total. The average molecular weight is 334 g/mol. The van der Waals surface area contributed by atoms with Crippen LogP contribution >= 0.6 is 15.9 Å². The highest BCUT2D eigenvalue weighted by Gasteiger charge is 2.24. The molecule has 0 saturated carbocycles. The van der Waals surface area contributed by atoms with E-state index in [2.05, 4.69) is 56.3 Å². The molecule has 1 aromatic heterocycles. The molecule has 1 aliphatic rings. The number of hydrogen-bond acceptors (Lipinski definition) is 3. The predicted octanol–water partition coefficient (Wildman–Crippen LogP) is 3.18. The molecule has 1 aliphatic heterocycles. The van der Waals surface area contributed by atoms with Crippen molar-refractivity contribution < 1.29 is 0 Å². The standard InChI is InChI=1S/C16H20BrN3/c1-2-8-20(13-9-18-10-13)11-12-5-6-15(17)14-4-3-7-19-16(12)14/h3-7,13,18H,2,8-11H2,1H3. The molecule has 1 saturated heterocycles. The Morgan fingerprint density at radius 1 is 1.35 bits per heavy atom. The van der Waals surface area contributed by atoms with Gasteiger partial charge >= 0.3 is 0 Å². The van der Waals surface area contributed by atoms with E-state index in [1.807, 2.05) is 12.3 Å². The Balaban J connectivity index is 1.91. The average Bonchev–Trinajstić information content (AvgIpc) is 2.40. The number of fused-ring (bicyclic) bond motifs is 1. The molecule has 2 aromatic rings. The largest absolute Gasteiger partial charge is 0.314 e. The van der Waals surface area contributed by atoms with Gasteiger partial charge in [-0.05, 0) is 30.7 Å². The van der Waals surface area contributed by atoms with E-state index in [1.165, 1.54) is 17.4 Å². The van der Waals surface area contributed by atoms with Gasteiger partial charge in [0.15, 0.2) is 0 Å². The molecule has 1 fully saturated rings. The first kappa shape index (κ1) is 14.0. The minimum Gasteiger partial charge on any atom is -0.314 e. The second-order valence-electron chi connectivity index (χ2n) is 5.39. The van der Waals surface area contributed by atoms with Crippen molar-refractivity contribution in [2.45, 2.75) is 25.9 Å². The van der Waals surface area contributed by atoms with E-state index in [1.54, 1.807) is 0 Å². The first-order chi connectivity index (χ1) is 9.79. The van der Waals surface area contributed by atoms with Gasteiger partial charge in [0.1, 0.15) is 0 Å². The van der Waals surface area contributed by atoms with Crippen LogP contribution in [0.1, 0.15) is 18.9 Å². The van der Waals surface area contributed by atoms with Gasteiger partial charge in [0.25, 0.3) is 0 Å². The summed E-state index contributed by atoms with van der Waals surface area (Å²) in [5.74, 6) is 0. The maximum absolute atomic E-state index is 4.59. The summed E-state index contributed by atoms with van der Waals surface area (Å²) in [5.41, 5.74) is 2.44. The van der Waals surface area contributed by atoms with Gasteiger partial charge in [0, 0.05) is 41.7 Å². The third-order valence-electron chi connectivity index (χ3n) is 3.96. The molecular weight excluding hydrogens is 314 g/mol. The lowest BCUT2D eigenvalue weighted by Crippen LogP contribution is -2.56. The van der Waals surface area contributed by atoms with Crippen molar-refractivity contribution in [2.75, 3.05) is 19.6 Å². The van der Waals surface area contributed by atoms with Gasteiger partial charge in [-0.25, -0.2) is 0 Å². The number of rotatable bonds is 5. The fourth-order valence-electron chi connectivity index (χ4n) is 2.75. The summed E-state index contributed by atoms with van der Waals surface area (Å²) in [6.07, 6.45) is 3.08. The van der Waals surface area contributed by atoms with Gasteiger partial charge < -0.3 is 5.32 Å². The molecular formula is C16H20BrN3. The van der Waals surface area contributed by atoms with Crippen LogP contribution < -0.4 is 5.32 Å². The fourth-order valence-corrected chi connectivity index (χ4v) is 3.20. The zero-order chi connectivity index (χ0) is 13.9. The summed E-state index contributed by atoms with van der Waals surface area (Å²) < 4.78 is 1.12. The minimum atomic E-state index is 0.678. The number of aromatic nitrogens is 1. The lowest BCUT2D eigenvalue weighted by Gasteiger charge is -2.38. The molecule has 2 heterocycles. The predicted molar refractivity (Wildman–Crippen MR) is 86.8 cm³/mol. The summed E-state index contributed by atoms with van der Waals surface area (Å²) in [6.45, 7) is 6.61. The third kappa shape index (κ3) is 2.73. The SMILES string of the molecule is CCCN(Cc1ccc(Br)c2cccnc12)C1CNC1. The molecule has 1 aromatic carbocycles. The topological polar surface area (TPSA) is 28.2 Å². The Morgan fingerprint density at radius 2 is 2.20 bits per heavy atom. The molecule has 3 rings (SSSR count). The van der Waals surface area contributed by atoms with Crippen LogP contribution in [-0.2, 0) is 6.54 Å². The van der Waals surface area contributed by atoms with Crippen LogP contribution in [0.15, 0.2) is 34.9 Å². The van der Waals surface area contributed by atoms with Gasteiger partial charge in [-0.3, -0.25) is 9.88 Å². The second kappa shape index (κ2) is 6.20. The van der Waals surface area contributed by atoms with Crippen LogP contribution in [0.25, 0.3) is 10.9 Å². The molecule has 106 valence electrons. The van der Waals surface area contributed by atoms with Crippen molar-refractivity contribution in [2.24, 2.45) is 0 Å². The van der Waals surface area contributed by atoms with E-state index in [4.69, 9.17) is 0 Å². The number of pyridine rings is 1. The Labute approximate surface area is 128 Å². The van der Waals surface area contributed by atoms with E-state index >= 15 is 0 Å². The summed E-state index contributed by atoms with van der Waals surface area (Å²) in [7, 11) is 0. The Morgan fingerprint density at radius 3 is 2.90 bits per heavy atom. The highest BCUT2D eigenvalue weighted by molar-refractivity contribution is 9.10. The second-order valence-corrected chi connectivity index (χ2v) is 6.24. The Kier molecular flexibility index (Phi) is 4.34. The van der Waals surface area contributed by atoms with E-state index < -0.39 is 0 Å². The Hall–Kier alpha value is -0.970. The first-order valence-corrected chi connectivity index (χ1v) is 8.05. The quantitative estimate of drug-likeness (QED) is 0.910. The van der Waals surface area contributed by atoms with Gasteiger partial charge in [-0.1, -0.05) is 35.0 Å². The summed E-state index contributed by atoms with van der Waals surface area (Å²) in [6, 6.07) is 9.15. The molecule has 0 bridgehead atoms. The van der Waals surface area contributed by atoms with Crippen molar-refractivity contribution in [1.29, 1.82) is 0 Å². The highest BCUT2D eigenvalue weighted by Crippen LogP contribution is 2.26. The molecule has 1 N–H and O–H groups in total. The lowest BCUT2D eigenvalue weighted by molar-refractivity contribution is 0.138. The summed E-state index contributed by atoms with van der Waals surface area (Å²) >= 11 is 3.62. The van der Waals surface area contributed by atoms with Crippen molar-refractivity contribution >= 4 is 26.8 Å². The molecule has 0 atom stereocenters. The van der Waals surface area contributed by atoms with Gasteiger partial charge in [-0.15, -0.1) is 0 Å². The Bertz CT molecular complexity index is 595. The molecule has 0 unspecified atom stereocenters. The molecule has 0 spiro atoms. The zero-order valence-electron chi connectivity index (χ0n) is 11.8. The van der Waals surface area contributed by atoms with Gasteiger partial charge in [0.2, 0.25) is 0 Å². The molecule has 0 radical (unpaired) electrons. The van der Waals surface area contributed by atoms with Crippen LogP contribution in [0.5, 0.6) is 0 Å². The lowest BCUT2D eigenvalue weighted by atomic mass is 10.1. The van der Waals surface area contributed by atoms with Crippen LogP contribution in [0.2, 0.25) is 0 Å². The molecule has 4 heteroatoms. The maximum atomic E-state index is 4.59. The van der Waals surface area contributed by atoms with Crippen LogP contribution in [0.4, 0.5) is 0 Å². The van der Waals surface area contributed by atoms with Crippen molar-refractivity contribution in [1.82, 2.24) is 15.2 Å². The third-order valence-corrected chi connectivity index (χ3v) is 4.65. The van der Waals surface area contributed by atoms with E-state index in [0.29, 0.717) is 6.04 Å². The summed E-state index contributed by atoms with van der Waals surface area (Å²) in [5, 5.41) is 4.57. The summed E-state index contributed by atoms with van der Waals surface area (Å²) in [4.78, 5) is 7.16. The van der Waals surface area contributed by atoms with E-state index in [-0.39, 0.29) is 0 Å². The highest BCUT2D eigenvalue weighted by atomic mass is 79.9. The van der Waals surface area contributed by atoms with Crippen molar-refractivity contribution in [3.63, 3.8) is 0 Å². The first-order valence-electron chi connectivity index (χ1n) is 7.26. The van der Waals surface area contributed by atoms with Crippen molar-refractivity contribution in [3.8, 4) is 0 Å². The van der Waals surface area contributed by atoms with Crippen molar-refractivity contribution in [3.05, 3.63) is 40.5 Å². The number of hydrogen-bond donors (Lipinski definition) is 1. The number of halogens is 1. The normalized spacial score (nSPS) is 15.8. The monoisotopic (exact) mass is 333 g/mol. The number of benzene rings is 1. The number of nitrogens with zero attached hydrogens (tertiary/aromatic N) is 2. The van der Waals surface area contributed by atoms with Gasteiger partial charge in [0.05, 0.1) is 5.52 Å². The van der Waals surface area contributed by atoms with E-state index in [9.17, 15) is 0 Å². The van der Waals surface area contributed by atoms with Gasteiger partial charge in [-0.2, -0.15) is 0 Å². The maximum Gasteiger partial charge on any atom is 0.0758 e. The smallest absolute Gasteiger partial charge is 0.0758 e. The van der Waals surface area contributed by atoms with Crippen LogP contribution in [0, 0.1) is 0 Å². The molecule has 0 amide bonds. The minimum absolute atomic E-state index is 0.678. The number of nitrogens with one attached hydrogen (secondary N) is 1. The zero-order valence-corrected chi connectivity index (χ0v) is 13.4. The van der Waals surface area contributed by atoms with E-state index in [0.717, 1.165) is 36.2 Å².